The fourth-order valence-electron chi connectivity index (χ4n) is 3.18. The third-order valence-corrected chi connectivity index (χ3v) is 5.28. The van der Waals surface area contributed by atoms with E-state index in [1.54, 1.807) is 11.8 Å². The monoisotopic (exact) mass is 336 g/mol. The predicted octanol–water partition coefficient (Wildman–Crippen LogP) is 4.14. The first kappa shape index (κ1) is 15.4. The Morgan fingerprint density at radius 2 is 2.04 bits per heavy atom. The molecule has 0 bridgehead atoms. The Hall–Kier alpha value is -2.14. The molecule has 0 radical (unpaired) electrons. The average Bonchev–Trinajstić information content (AvgIpc) is 3.04. The number of hydrogen-bond donors (Lipinski definition) is 0. The molecule has 1 aromatic carbocycles. The second kappa shape index (κ2) is 6.06. The number of anilines is 1. The van der Waals surface area contributed by atoms with Crippen molar-refractivity contribution >= 4 is 28.5 Å². The summed E-state index contributed by atoms with van der Waals surface area (Å²) in [5, 5.41) is 1.22. The molecule has 0 aliphatic carbocycles. The van der Waals surface area contributed by atoms with Gasteiger partial charge in [0.15, 0.2) is 0 Å². The van der Waals surface area contributed by atoms with Crippen molar-refractivity contribution in [2.24, 2.45) is 0 Å². The molecule has 3 heterocycles. The average molecular weight is 336 g/mol. The minimum atomic E-state index is 0.811. The Balaban J connectivity index is 1.72. The summed E-state index contributed by atoms with van der Waals surface area (Å²) in [6.07, 6.45) is 4.94. The number of pyridine rings is 1. The van der Waals surface area contributed by atoms with Crippen LogP contribution in [0.15, 0.2) is 35.4 Å². The van der Waals surface area contributed by atoms with E-state index in [4.69, 9.17) is 4.98 Å². The van der Waals surface area contributed by atoms with E-state index in [2.05, 4.69) is 59.2 Å². The zero-order valence-electron chi connectivity index (χ0n) is 14.2. The molecule has 0 fully saturated rings. The van der Waals surface area contributed by atoms with Crippen LogP contribution in [0.2, 0.25) is 0 Å². The molecular weight excluding hydrogens is 316 g/mol. The van der Waals surface area contributed by atoms with Crippen molar-refractivity contribution < 1.29 is 0 Å². The van der Waals surface area contributed by atoms with Gasteiger partial charge >= 0.3 is 0 Å². The van der Waals surface area contributed by atoms with E-state index in [0.29, 0.717) is 0 Å². The van der Waals surface area contributed by atoms with Crippen LogP contribution in [0, 0.1) is 6.92 Å². The van der Waals surface area contributed by atoms with Gasteiger partial charge < -0.3 is 4.90 Å². The maximum Gasteiger partial charge on any atom is 0.130 e. The quantitative estimate of drug-likeness (QED) is 0.673. The van der Waals surface area contributed by atoms with Gasteiger partial charge in [0.25, 0.3) is 0 Å². The van der Waals surface area contributed by atoms with Gasteiger partial charge in [-0.25, -0.2) is 15.0 Å². The second-order valence-corrected chi connectivity index (χ2v) is 7.03. The molecule has 0 spiro atoms. The Morgan fingerprint density at radius 1 is 1.17 bits per heavy atom. The number of aromatic nitrogens is 3. The van der Waals surface area contributed by atoms with Gasteiger partial charge in [0.1, 0.15) is 11.6 Å². The van der Waals surface area contributed by atoms with E-state index in [9.17, 15) is 0 Å². The zero-order valence-corrected chi connectivity index (χ0v) is 15.0. The molecule has 122 valence electrons. The molecule has 4 nitrogen and oxygen atoms in total. The van der Waals surface area contributed by atoms with Gasteiger partial charge in [-0.1, -0.05) is 13.0 Å². The van der Waals surface area contributed by atoms with Gasteiger partial charge in [-0.05, 0) is 36.9 Å². The molecule has 0 saturated carbocycles. The van der Waals surface area contributed by atoms with E-state index in [-0.39, 0.29) is 0 Å². The van der Waals surface area contributed by atoms with Gasteiger partial charge in [0, 0.05) is 35.0 Å². The van der Waals surface area contributed by atoms with Crippen LogP contribution in [0.3, 0.4) is 0 Å². The standard InChI is InChI=1S/C19H20N4S/c1-4-18-20-9-13-10-23(11-17(13)21-18)19-7-12(2)15-6-5-14(24-3)8-16(15)22-19/h5-9H,4,10-11H2,1-3H3. The molecular formula is C19H20N4S. The Labute approximate surface area is 146 Å². The number of rotatable bonds is 3. The molecule has 24 heavy (non-hydrogen) atoms. The van der Waals surface area contributed by atoms with Crippen LogP contribution in [-0.2, 0) is 19.5 Å². The highest BCUT2D eigenvalue weighted by molar-refractivity contribution is 7.98. The van der Waals surface area contributed by atoms with Crippen molar-refractivity contribution in [1.82, 2.24) is 15.0 Å². The highest BCUT2D eigenvalue weighted by Crippen LogP contribution is 2.30. The summed E-state index contributed by atoms with van der Waals surface area (Å²) in [6.45, 7) is 5.89. The fraction of sp³-hybridized carbons (Fsp3) is 0.316. The lowest BCUT2D eigenvalue weighted by molar-refractivity contribution is 0.844. The molecule has 0 saturated heterocycles. The zero-order chi connectivity index (χ0) is 16.7. The van der Waals surface area contributed by atoms with Crippen molar-refractivity contribution in [1.29, 1.82) is 0 Å². The van der Waals surface area contributed by atoms with Gasteiger partial charge in [-0.2, -0.15) is 0 Å². The molecule has 0 N–H and O–H groups in total. The summed E-state index contributed by atoms with van der Waals surface area (Å²) in [5.41, 5.74) is 4.68. The molecule has 0 amide bonds. The second-order valence-electron chi connectivity index (χ2n) is 6.15. The lowest BCUT2D eigenvalue weighted by Crippen LogP contribution is -2.16. The Kier molecular flexibility index (Phi) is 3.88. The number of fused-ring (bicyclic) bond motifs is 2. The van der Waals surface area contributed by atoms with Gasteiger partial charge in [-0.15, -0.1) is 11.8 Å². The minimum absolute atomic E-state index is 0.811. The SMILES string of the molecule is CCc1ncc2c(n1)CN(c1cc(C)c3ccc(SC)cc3n1)C2. The third-order valence-electron chi connectivity index (χ3n) is 4.56. The van der Waals surface area contributed by atoms with Crippen molar-refractivity contribution in [2.45, 2.75) is 38.3 Å². The topological polar surface area (TPSA) is 41.9 Å². The van der Waals surface area contributed by atoms with Crippen LogP contribution in [0.4, 0.5) is 5.82 Å². The number of aryl methyl sites for hydroxylation is 2. The maximum absolute atomic E-state index is 4.92. The smallest absolute Gasteiger partial charge is 0.130 e. The van der Waals surface area contributed by atoms with Crippen molar-refractivity contribution in [3.05, 3.63) is 53.1 Å². The predicted molar refractivity (Wildman–Crippen MR) is 99.6 cm³/mol. The van der Waals surface area contributed by atoms with Gasteiger partial charge in [-0.3, -0.25) is 0 Å². The van der Waals surface area contributed by atoms with E-state index >= 15 is 0 Å². The van der Waals surface area contributed by atoms with Crippen molar-refractivity contribution in [2.75, 3.05) is 11.2 Å². The molecule has 5 heteroatoms. The summed E-state index contributed by atoms with van der Waals surface area (Å²) in [5.74, 6) is 1.94. The third kappa shape index (κ3) is 2.63. The van der Waals surface area contributed by atoms with Crippen LogP contribution in [0.1, 0.15) is 29.6 Å². The number of benzene rings is 1. The molecule has 4 rings (SSSR count). The number of thioether (sulfide) groups is 1. The van der Waals surface area contributed by atoms with E-state index in [1.165, 1.54) is 21.4 Å². The number of nitrogens with zero attached hydrogens (tertiary/aromatic N) is 4. The molecule has 0 atom stereocenters. The van der Waals surface area contributed by atoms with Gasteiger partial charge in [0.2, 0.25) is 0 Å². The first-order chi connectivity index (χ1) is 11.7. The summed E-state index contributed by atoms with van der Waals surface area (Å²) >= 11 is 1.75. The molecule has 1 aliphatic heterocycles. The van der Waals surface area contributed by atoms with Crippen LogP contribution < -0.4 is 4.90 Å². The first-order valence-electron chi connectivity index (χ1n) is 8.22. The highest BCUT2D eigenvalue weighted by atomic mass is 32.2. The van der Waals surface area contributed by atoms with Crippen LogP contribution >= 0.6 is 11.8 Å². The largest absolute Gasteiger partial charge is 0.346 e. The normalized spacial score (nSPS) is 13.5. The van der Waals surface area contributed by atoms with Crippen LogP contribution in [0.25, 0.3) is 10.9 Å². The summed E-state index contributed by atoms with van der Waals surface area (Å²) < 4.78 is 0. The molecule has 2 aromatic heterocycles. The highest BCUT2D eigenvalue weighted by Gasteiger charge is 2.22. The van der Waals surface area contributed by atoms with Crippen molar-refractivity contribution in [3.63, 3.8) is 0 Å². The van der Waals surface area contributed by atoms with Crippen LogP contribution in [0.5, 0.6) is 0 Å². The molecule has 3 aromatic rings. The summed E-state index contributed by atoms with van der Waals surface area (Å²) in [7, 11) is 0. The molecule has 0 unspecified atom stereocenters. The first-order valence-corrected chi connectivity index (χ1v) is 9.44. The van der Waals surface area contributed by atoms with E-state index in [1.807, 2.05) is 6.20 Å². The Morgan fingerprint density at radius 3 is 2.83 bits per heavy atom. The fourth-order valence-corrected chi connectivity index (χ4v) is 3.61. The lowest BCUT2D eigenvalue weighted by Gasteiger charge is -2.18. The van der Waals surface area contributed by atoms with Crippen molar-refractivity contribution in [3.8, 4) is 0 Å². The molecule has 1 aliphatic rings. The minimum Gasteiger partial charge on any atom is -0.346 e. The Bertz CT molecular complexity index is 923. The number of hydrogen-bond acceptors (Lipinski definition) is 5. The van der Waals surface area contributed by atoms with Gasteiger partial charge in [0.05, 0.1) is 17.8 Å². The summed E-state index contributed by atoms with van der Waals surface area (Å²) in [4.78, 5) is 17.6. The maximum atomic E-state index is 4.92. The van der Waals surface area contributed by atoms with Crippen LogP contribution in [-0.4, -0.2) is 21.2 Å². The van der Waals surface area contributed by atoms with E-state index in [0.717, 1.165) is 42.4 Å². The lowest BCUT2D eigenvalue weighted by atomic mass is 10.1. The summed E-state index contributed by atoms with van der Waals surface area (Å²) in [6, 6.07) is 8.69. The van der Waals surface area contributed by atoms with E-state index < -0.39 is 0 Å².